The van der Waals surface area contributed by atoms with Gasteiger partial charge in [-0.05, 0) is 19.1 Å². The molecule has 1 aromatic heterocycles. The number of hydrogen-bond donors (Lipinski definition) is 0. The molecule has 0 radical (unpaired) electrons. The number of hydrogen-bond acceptors (Lipinski definition) is 7. The molecule has 2 aromatic rings. The van der Waals surface area contributed by atoms with Gasteiger partial charge in [-0.1, -0.05) is 12.1 Å². The molecule has 3 heterocycles. The summed E-state index contributed by atoms with van der Waals surface area (Å²) in [6.07, 6.45) is 1.70. The molecule has 0 spiro atoms. The van der Waals surface area contributed by atoms with E-state index in [0.717, 1.165) is 16.4 Å². The Morgan fingerprint density at radius 1 is 1.03 bits per heavy atom. The van der Waals surface area contributed by atoms with Crippen LogP contribution in [0.5, 0.6) is 0 Å². The number of fused-ring (bicyclic) bond motifs is 1. The van der Waals surface area contributed by atoms with Crippen LogP contribution in [-0.4, -0.2) is 84.0 Å². The summed E-state index contributed by atoms with van der Waals surface area (Å²) in [5.41, 5.74) is 1.66. The number of rotatable bonds is 4. The number of aromatic nitrogens is 2. The van der Waals surface area contributed by atoms with Gasteiger partial charge >= 0.3 is 0 Å². The first-order chi connectivity index (χ1) is 14.4. The summed E-state index contributed by atoms with van der Waals surface area (Å²) < 4.78 is 0. The fraction of sp³-hybridized carbons (Fsp3) is 0.381. The van der Waals surface area contributed by atoms with E-state index in [1.54, 1.807) is 42.3 Å². The van der Waals surface area contributed by atoms with Crippen molar-refractivity contribution in [2.45, 2.75) is 13.0 Å². The molecule has 9 heteroatoms. The zero-order chi connectivity index (χ0) is 21.4. The SMILES string of the molecule is CC(C(=O)N1CCN(c2cc(N(C)C)cnn2)CC1)N1C(=O)c2ccccc2C1=O. The van der Waals surface area contributed by atoms with E-state index < -0.39 is 17.9 Å². The fourth-order valence-electron chi connectivity index (χ4n) is 3.83. The number of carbonyl (C=O) groups excluding carboxylic acids is 3. The normalized spacial score (nSPS) is 17.2. The van der Waals surface area contributed by atoms with Crippen LogP contribution >= 0.6 is 0 Å². The summed E-state index contributed by atoms with van der Waals surface area (Å²) in [6, 6.07) is 7.79. The molecule has 2 aliphatic rings. The van der Waals surface area contributed by atoms with Crippen molar-refractivity contribution in [1.29, 1.82) is 0 Å². The number of amides is 3. The second kappa shape index (κ2) is 7.74. The Morgan fingerprint density at radius 3 is 2.20 bits per heavy atom. The van der Waals surface area contributed by atoms with Crippen LogP contribution in [0, 0.1) is 0 Å². The predicted molar refractivity (Wildman–Crippen MR) is 112 cm³/mol. The smallest absolute Gasteiger partial charge is 0.262 e. The second-order valence-corrected chi connectivity index (χ2v) is 7.68. The number of anilines is 2. The molecule has 4 rings (SSSR count). The van der Waals surface area contributed by atoms with Crippen LogP contribution in [0.25, 0.3) is 0 Å². The molecule has 0 aliphatic carbocycles. The highest BCUT2D eigenvalue weighted by molar-refractivity contribution is 6.22. The molecule has 30 heavy (non-hydrogen) atoms. The monoisotopic (exact) mass is 408 g/mol. The highest BCUT2D eigenvalue weighted by Crippen LogP contribution is 2.25. The van der Waals surface area contributed by atoms with Crippen molar-refractivity contribution in [3.63, 3.8) is 0 Å². The van der Waals surface area contributed by atoms with Gasteiger partial charge in [0.15, 0.2) is 5.82 Å². The van der Waals surface area contributed by atoms with Gasteiger partial charge in [-0.15, -0.1) is 5.10 Å². The van der Waals surface area contributed by atoms with Gasteiger partial charge in [0.2, 0.25) is 5.91 Å². The lowest BCUT2D eigenvalue weighted by Crippen LogP contribution is -2.55. The quantitative estimate of drug-likeness (QED) is 0.694. The van der Waals surface area contributed by atoms with Gasteiger partial charge < -0.3 is 14.7 Å². The van der Waals surface area contributed by atoms with Crippen LogP contribution in [0.3, 0.4) is 0 Å². The Balaban J connectivity index is 1.42. The molecule has 0 N–H and O–H groups in total. The molecule has 3 amide bonds. The average Bonchev–Trinajstić information content (AvgIpc) is 3.03. The molecule has 0 bridgehead atoms. The first-order valence-corrected chi connectivity index (χ1v) is 9.89. The van der Waals surface area contributed by atoms with Gasteiger partial charge in [0, 0.05) is 46.3 Å². The number of imide groups is 1. The van der Waals surface area contributed by atoms with Crippen molar-refractivity contribution in [1.82, 2.24) is 20.0 Å². The molecule has 1 atom stereocenters. The van der Waals surface area contributed by atoms with Gasteiger partial charge in [-0.2, -0.15) is 5.10 Å². The van der Waals surface area contributed by atoms with E-state index >= 15 is 0 Å². The van der Waals surface area contributed by atoms with Gasteiger partial charge in [0.1, 0.15) is 6.04 Å². The lowest BCUT2D eigenvalue weighted by atomic mass is 10.1. The molecule has 0 saturated carbocycles. The summed E-state index contributed by atoms with van der Waals surface area (Å²) in [6.45, 7) is 3.79. The summed E-state index contributed by atoms with van der Waals surface area (Å²) in [5.74, 6) is -0.282. The summed E-state index contributed by atoms with van der Waals surface area (Å²) in [4.78, 5) is 45.2. The molecule has 2 aliphatic heterocycles. The number of carbonyl (C=O) groups is 3. The first kappa shape index (κ1) is 19.8. The zero-order valence-corrected chi connectivity index (χ0v) is 17.3. The van der Waals surface area contributed by atoms with Gasteiger partial charge in [-0.25, -0.2) is 0 Å². The summed E-state index contributed by atoms with van der Waals surface area (Å²) >= 11 is 0. The molecule has 9 nitrogen and oxygen atoms in total. The van der Waals surface area contributed by atoms with E-state index in [9.17, 15) is 14.4 Å². The van der Waals surface area contributed by atoms with Crippen LogP contribution in [0.1, 0.15) is 27.6 Å². The first-order valence-electron chi connectivity index (χ1n) is 9.89. The molecule has 156 valence electrons. The lowest BCUT2D eigenvalue weighted by Gasteiger charge is -2.37. The zero-order valence-electron chi connectivity index (χ0n) is 17.3. The highest BCUT2D eigenvalue weighted by Gasteiger charge is 2.42. The lowest BCUT2D eigenvalue weighted by molar-refractivity contribution is -0.135. The van der Waals surface area contributed by atoms with Crippen LogP contribution in [0.2, 0.25) is 0 Å². The van der Waals surface area contributed by atoms with E-state index in [4.69, 9.17) is 0 Å². The van der Waals surface area contributed by atoms with Crippen molar-refractivity contribution in [3.05, 3.63) is 47.7 Å². The van der Waals surface area contributed by atoms with Crippen LogP contribution < -0.4 is 9.80 Å². The highest BCUT2D eigenvalue weighted by atomic mass is 16.2. The maximum atomic E-state index is 13.0. The summed E-state index contributed by atoms with van der Waals surface area (Å²) in [7, 11) is 3.88. The van der Waals surface area contributed by atoms with Crippen molar-refractivity contribution < 1.29 is 14.4 Å². The van der Waals surface area contributed by atoms with Gasteiger partial charge in [-0.3, -0.25) is 19.3 Å². The number of nitrogens with zero attached hydrogens (tertiary/aromatic N) is 6. The van der Waals surface area contributed by atoms with E-state index in [1.807, 2.05) is 25.1 Å². The van der Waals surface area contributed by atoms with E-state index in [1.165, 1.54) is 0 Å². The molecular formula is C21H24N6O3. The molecule has 1 fully saturated rings. The van der Waals surface area contributed by atoms with E-state index in [-0.39, 0.29) is 5.91 Å². The fourth-order valence-corrected chi connectivity index (χ4v) is 3.83. The molecule has 1 aromatic carbocycles. The third-order valence-electron chi connectivity index (χ3n) is 5.63. The Hall–Kier alpha value is -3.49. The van der Waals surface area contributed by atoms with E-state index in [0.29, 0.717) is 37.3 Å². The molecule has 1 saturated heterocycles. The number of piperazine rings is 1. The Morgan fingerprint density at radius 2 is 1.63 bits per heavy atom. The molecular weight excluding hydrogens is 384 g/mol. The Kier molecular flexibility index (Phi) is 5.11. The Labute approximate surface area is 174 Å². The van der Waals surface area contributed by atoms with Crippen molar-refractivity contribution in [2.75, 3.05) is 50.1 Å². The Bertz CT molecular complexity index is 965. The van der Waals surface area contributed by atoms with Gasteiger partial charge in [0.05, 0.1) is 23.0 Å². The molecule has 1 unspecified atom stereocenters. The standard InChI is InChI=1S/C21H24N6O3/c1-14(27-20(29)16-6-4-5-7-17(16)21(27)30)19(28)26-10-8-25(9-11-26)18-12-15(24(2)3)13-22-23-18/h4-7,12-14H,8-11H2,1-3H3. The van der Waals surface area contributed by atoms with Crippen LogP contribution in [0.15, 0.2) is 36.5 Å². The van der Waals surface area contributed by atoms with Crippen molar-refractivity contribution >= 4 is 29.2 Å². The predicted octanol–water partition coefficient (Wildman–Crippen LogP) is 0.876. The third kappa shape index (κ3) is 3.36. The van der Waals surface area contributed by atoms with Gasteiger partial charge in [0.25, 0.3) is 11.8 Å². The minimum atomic E-state index is -0.846. The minimum Gasteiger partial charge on any atom is -0.376 e. The second-order valence-electron chi connectivity index (χ2n) is 7.68. The minimum absolute atomic E-state index is 0.225. The number of benzene rings is 1. The van der Waals surface area contributed by atoms with Crippen molar-refractivity contribution in [3.8, 4) is 0 Å². The third-order valence-corrected chi connectivity index (χ3v) is 5.63. The largest absolute Gasteiger partial charge is 0.376 e. The van der Waals surface area contributed by atoms with Crippen molar-refractivity contribution in [2.24, 2.45) is 0 Å². The van der Waals surface area contributed by atoms with Crippen LogP contribution in [-0.2, 0) is 4.79 Å². The topological polar surface area (TPSA) is 90.0 Å². The van der Waals surface area contributed by atoms with Crippen LogP contribution in [0.4, 0.5) is 11.5 Å². The summed E-state index contributed by atoms with van der Waals surface area (Å²) in [5, 5.41) is 8.26. The maximum absolute atomic E-state index is 13.0. The van der Waals surface area contributed by atoms with E-state index in [2.05, 4.69) is 15.1 Å². The average molecular weight is 408 g/mol. The maximum Gasteiger partial charge on any atom is 0.262 e.